The first-order chi connectivity index (χ1) is 12.1. The Balaban J connectivity index is 1.82. The second-order valence-corrected chi connectivity index (χ2v) is 8.35. The minimum absolute atomic E-state index is 0.318. The van der Waals surface area contributed by atoms with Crippen LogP contribution in [0, 0.1) is 0 Å². The first-order valence-electron chi connectivity index (χ1n) is 8.65. The van der Waals surface area contributed by atoms with Gasteiger partial charge in [-0.3, -0.25) is 0 Å². The summed E-state index contributed by atoms with van der Waals surface area (Å²) in [4.78, 5) is 8.50. The molecule has 6 heteroatoms. The van der Waals surface area contributed by atoms with Gasteiger partial charge in [-0.05, 0) is 54.8 Å². The van der Waals surface area contributed by atoms with Crippen LogP contribution in [0.1, 0.15) is 30.3 Å². The average Bonchev–Trinajstić information content (AvgIpc) is 3.03. The van der Waals surface area contributed by atoms with E-state index in [2.05, 4.69) is 22.2 Å². The second-order valence-electron chi connectivity index (χ2n) is 6.44. The van der Waals surface area contributed by atoms with Gasteiger partial charge in [-0.2, -0.15) is 0 Å². The number of benzene rings is 2. The van der Waals surface area contributed by atoms with Crippen LogP contribution in [0.2, 0.25) is 0 Å². The van der Waals surface area contributed by atoms with E-state index in [-0.39, 0.29) is 0 Å². The van der Waals surface area contributed by atoms with Gasteiger partial charge in [0.05, 0.1) is 20.8 Å². The number of imidazole rings is 1. The summed E-state index contributed by atoms with van der Waals surface area (Å²) in [6.07, 6.45) is 2.59. The Bertz CT molecular complexity index is 1040. The van der Waals surface area contributed by atoms with E-state index in [0.717, 1.165) is 60.3 Å². The Hall–Kier alpha value is -2.18. The van der Waals surface area contributed by atoms with Crippen molar-refractivity contribution in [1.82, 2.24) is 15.3 Å². The highest BCUT2D eigenvalue weighted by atomic mass is 32.2. The first kappa shape index (κ1) is 16.3. The third-order valence-corrected chi connectivity index (χ3v) is 6.52. The van der Waals surface area contributed by atoms with Crippen molar-refractivity contribution in [2.24, 2.45) is 0 Å². The maximum absolute atomic E-state index is 13.2. The van der Waals surface area contributed by atoms with Crippen molar-refractivity contribution in [3.8, 4) is 0 Å². The summed E-state index contributed by atoms with van der Waals surface area (Å²) in [5.41, 5.74) is 3.59. The molecule has 3 aromatic rings. The quantitative estimate of drug-likeness (QED) is 0.754. The molecule has 25 heavy (non-hydrogen) atoms. The zero-order valence-corrected chi connectivity index (χ0v) is 15.0. The molecule has 0 spiro atoms. The lowest BCUT2D eigenvalue weighted by atomic mass is 10.0. The van der Waals surface area contributed by atoms with Gasteiger partial charge >= 0.3 is 0 Å². The topological polar surface area (TPSA) is 74.8 Å². The fourth-order valence-corrected chi connectivity index (χ4v) is 5.03. The molecular formula is C19H21N3O2S. The minimum Gasteiger partial charge on any atom is -0.342 e. The molecule has 2 N–H and O–H groups in total. The number of nitrogens with one attached hydrogen (secondary N) is 2. The molecular weight excluding hydrogens is 334 g/mol. The third-order valence-electron chi connectivity index (χ3n) is 4.69. The number of hydrogen-bond donors (Lipinski definition) is 2. The van der Waals surface area contributed by atoms with Crippen LogP contribution in [0.4, 0.5) is 0 Å². The predicted octanol–water partition coefficient (Wildman–Crippen LogP) is 2.99. The number of rotatable bonds is 4. The van der Waals surface area contributed by atoms with Crippen molar-refractivity contribution in [2.45, 2.75) is 42.5 Å². The van der Waals surface area contributed by atoms with Gasteiger partial charge < -0.3 is 10.3 Å². The van der Waals surface area contributed by atoms with E-state index < -0.39 is 9.84 Å². The fourth-order valence-electron chi connectivity index (χ4n) is 3.44. The maximum Gasteiger partial charge on any atom is 0.206 e. The van der Waals surface area contributed by atoms with Crippen molar-refractivity contribution in [3.05, 3.63) is 53.3 Å². The van der Waals surface area contributed by atoms with Crippen LogP contribution in [-0.2, 0) is 29.2 Å². The van der Waals surface area contributed by atoms with Gasteiger partial charge in [0.1, 0.15) is 5.82 Å². The average molecular weight is 355 g/mol. The number of aromatic amines is 1. The Labute approximate surface area is 147 Å². The standard InChI is InChI=1S/C19H21N3O2S/c1-2-4-19-21-16-8-7-14(11-17(16)22-19)25(23,24)18-6-3-5-13-12-20-10-9-15(13)18/h3,5-8,11,20H,2,4,9-10,12H2,1H3,(H,21,22). The van der Waals surface area contributed by atoms with Crippen LogP contribution in [0.15, 0.2) is 46.2 Å². The highest BCUT2D eigenvalue weighted by Crippen LogP contribution is 2.29. The van der Waals surface area contributed by atoms with Crippen molar-refractivity contribution in [1.29, 1.82) is 0 Å². The molecule has 0 bridgehead atoms. The van der Waals surface area contributed by atoms with Crippen LogP contribution in [0.3, 0.4) is 0 Å². The van der Waals surface area contributed by atoms with Gasteiger partial charge in [0.2, 0.25) is 9.84 Å². The molecule has 0 radical (unpaired) electrons. The molecule has 0 aliphatic carbocycles. The molecule has 1 aliphatic rings. The highest BCUT2D eigenvalue weighted by molar-refractivity contribution is 7.91. The molecule has 0 fully saturated rings. The van der Waals surface area contributed by atoms with Gasteiger partial charge in [0, 0.05) is 13.0 Å². The summed E-state index contributed by atoms with van der Waals surface area (Å²) in [5, 5.41) is 3.29. The lowest BCUT2D eigenvalue weighted by Gasteiger charge is -2.20. The number of fused-ring (bicyclic) bond motifs is 2. The molecule has 0 amide bonds. The molecule has 130 valence electrons. The molecule has 5 nitrogen and oxygen atoms in total. The van der Waals surface area contributed by atoms with Crippen molar-refractivity contribution in [3.63, 3.8) is 0 Å². The Kier molecular flexibility index (Phi) is 4.09. The summed E-state index contributed by atoms with van der Waals surface area (Å²) in [6, 6.07) is 10.7. The van der Waals surface area contributed by atoms with Crippen LogP contribution in [0.5, 0.6) is 0 Å². The molecule has 1 aliphatic heterocycles. The summed E-state index contributed by atoms with van der Waals surface area (Å²) in [7, 11) is -3.55. The molecule has 0 saturated heterocycles. The van der Waals surface area contributed by atoms with Crippen LogP contribution in [0.25, 0.3) is 11.0 Å². The fraction of sp³-hybridized carbons (Fsp3) is 0.316. The van der Waals surface area contributed by atoms with Gasteiger partial charge in [0.25, 0.3) is 0 Å². The van der Waals surface area contributed by atoms with E-state index in [9.17, 15) is 8.42 Å². The molecule has 1 aromatic heterocycles. The SMILES string of the molecule is CCCc1nc2ccc(S(=O)(=O)c3cccc4c3CCNC4)cc2[nH]1. The van der Waals surface area contributed by atoms with Gasteiger partial charge in [-0.15, -0.1) is 0 Å². The van der Waals surface area contributed by atoms with Crippen LogP contribution in [-0.4, -0.2) is 24.9 Å². The summed E-state index contributed by atoms with van der Waals surface area (Å²) in [5.74, 6) is 0.898. The number of sulfone groups is 1. The zero-order valence-electron chi connectivity index (χ0n) is 14.2. The minimum atomic E-state index is -3.55. The number of aryl methyl sites for hydroxylation is 1. The van der Waals surface area contributed by atoms with E-state index in [1.54, 1.807) is 24.3 Å². The van der Waals surface area contributed by atoms with E-state index >= 15 is 0 Å². The maximum atomic E-state index is 13.2. The van der Waals surface area contributed by atoms with Crippen LogP contribution >= 0.6 is 0 Å². The van der Waals surface area contributed by atoms with Crippen LogP contribution < -0.4 is 5.32 Å². The molecule has 0 saturated carbocycles. The summed E-state index contributed by atoms with van der Waals surface area (Å²) in [6.45, 7) is 3.62. The lowest BCUT2D eigenvalue weighted by Crippen LogP contribution is -2.25. The number of aromatic nitrogens is 2. The first-order valence-corrected chi connectivity index (χ1v) is 10.1. The predicted molar refractivity (Wildman–Crippen MR) is 97.4 cm³/mol. The van der Waals surface area contributed by atoms with Crippen molar-refractivity contribution in [2.75, 3.05) is 6.54 Å². The summed E-state index contributed by atoms with van der Waals surface area (Å²) < 4.78 is 26.5. The third kappa shape index (κ3) is 2.85. The molecule has 0 unspecified atom stereocenters. The van der Waals surface area contributed by atoms with Gasteiger partial charge in [-0.1, -0.05) is 19.1 Å². The molecule has 2 aromatic carbocycles. The van der Waals surface area contributed by atoms with E-state index in [4.69, 9.17) is 0 Å². The summed E-state index contributed by atoms with van der Waals surface area (Å²) >= 11 is 0. The monoisotopic (exact) mass is 355 g/mol. The normalized spacial score (nSPS) is 14.6. The van der Waals surface area contributed by atoms with Crippen molar-refractivity contribution < 1.29 is 8.42 Å². The number of H-pyrrole nitrogens is 1. The second kappa shape index (κ2) is 6.28. The largest absolute Gasteiger partial charge is 0.342 e. The van der Waals surface area contributed by atoms with E-state index in [1.807, 2.05) is 12.1 Å². The Morgan fingerprint density at radius 3 is 2.92 bits per heavy atom. The Morgan fingerprint density at radius 2 is 2.08 bits per heavy atom. The molecule has 0 atom stereocenters. The van der Waals surface area contributed by atoms with Crippen molar-refractivity contribution >= 4 is 20.9 Å². The number of hydrogen-bond acceptors (Lipinski definition) is 4. The zero-order chi connectivity index (χ0) is 17.4. The highest BCUT2D eigenvalue weighted by Gasteiger charge is 2.24. The number of nitrogens with zero attached hydrogens (tertiary/aromatic N) is 1. The van der Waals surface area contributed by atoms with Gasteiger partial charge in [0.15, 0.2) is 0 Å². The smallest absolute Gasteiger partial charge is 0.206 e. The van der Waals surface area contributed by atoms with Gasteiger partial charge in [-0.25, -0.2) is 13.4 Å². The van der Waals surface area contributed by atoms with E-state index in [0.29, 0.717) is 9.79 Å². The Morgan fingerprint density at radius 1 is 1.20 bits per heavy atom. The lowest BCUT2D eigenvalue weighted by molar-refractivity contribution is 0.589. The molecule has 2 heterocycles. The van der Waals surface area contributed by atoms with E-state index in [1.165, 1.54) is 0 Å². The molecule has 4 rings (SSSR count).